The molecule has 0 saturated carbocycles. The Kier molecular flexibility index (Phi) is 4.93. The Labute approximate surface area is 136 Å². The summed E-state index contributed by atoms with van der Waals surface area (Å²) in [4.78, 5) is 11.7. The number of carbonyl (C=O) groups excluding carboxylic acids is 1. The minimum Gasteiger partial charge on any atom is -0.305 e. The summed E-state index contributed by atoms with van der Waals surface area (Å²) in [6, 6.07) is 2.45. The molecule has 0 aromatic heterocycles. The Morgan fingerprint density at radius 3 is 2.12 bits per heavy atom. The zero-order valence-corrected chi connectivity index (χ0v) is 12.2. The summed E-state index contributed by atoms with van der Waals surface area (Å²) in [6.45, 7) is 0. The number of halogens is 7. The standard InChI is InChI=1S/C14H7ClF6N2O/c15-6-4-7(14(19,20)21)11(18)10(5-6)22-13(24)23-12-8(16)2-1-3-9(12)17/h1-5H,(H2,22,23,24). The Morgan fingerprint density at radius 2 is 1.58 bits per heavy atom. The van der Waals surface area contributed by atoms with E-state index in [-0.39, 0.29) is 0 Å². The molecular formula is C14H7ClF6N2O. The van der Waals surface area contributed by atoms with E-state index in [1.165, 1.54) is 0 Å². The number of hydrogen-bond acceptors (Lipinski definition) is 1. The topological polar surface area (TPSA) is 41.1 Å². The van der Waals surface area contributed by atoms with Crippen molar-refractivity contribution in [1.82, 2.24) is 0 Å². The fourth-order valence-corrected chi connectivity index (χ4v) is 1.99. The van der Waals surface area contributed by atoms with Crippen molar-refractivity contribution in [1.29, 1.82) is 0 Å². The molecule has 0 bridgehead atoms. The summed E-state index contributed by atoms with van der Waals surface area (Å²) < 4.78 is 78.6. The van der Waals surface area contributed by atoms with Crippen LogP contribution in [0.4, 0.5) is 42.5 Å². The highest BCUT2D eigenvalue weighted by molar-refractivity contribution is 6.31. The van der Waals surface area contributed by atoms with Crippen molar-refractivity contribution in [3.8, 4) is 0 Å². The van der Waals surface area contributed by atoms with Crippen LogP contribution in [0.5, 0.6) is 0 Å². The first-order valence-electron chi connectivity index (χ1n) is 6.18. The molecule has 0 saturated heterocycles. The van der Waals surface area contributed by atoms with Gasteiger partial charge in [0.25, 0.3) is 0 Å². The molecule has 0 aliphatic carbocycles. The number of hydrogen-bond donors (Lipinski definition) is 2. The van der Waals surface area contributed by atoms with Crippen LogP contribution in [0.3, 0.4) is 0 Å². The molecule has 0 spiro atoms. The molecule has 24 heavy (non-hydrogen) atoms. The SMILES string of the molecule is O=C(Nc1cc(Cl)cc(C(F)(F)F)c1F)Nc1c(F)cccc1F. The molecule has 0 heterocycles. The molecule has 0 unspecified atom stereocenters. The zero-order valence-electron chi connectivity index (χ0n) is 11.4. The maximum Gasteiger partial charge on any atom is 0.419 e. The molecule has 0 aliphatic rings. The van der Waals surface area contributed by atoms with Gasteiger partial charge in [-0.3, -0.25) is 0 Å². The molecule has 3 nitrogen and oxygen atoms in total. The molecule has 2 rings (SSSR count). The first-order valence-corrected chi connectivity index (χ1v) is 6.55. The lowest BCUT2D eigenvalue weighted by atomic mass is 10.1. The predicted molar refractivity (Wildman–Crippen MR) is 75.4 cm³/mol. The monoisotopic (exact) mass is 368 g/mol. The van der Waals surface area contributed by atoms with Gasteiger partial charge in [-0.25, -0.2) is 18.0 Å². The first-order chi connectivity index (χ1) is 11.1. The van der Waals surface area contributed by atoms with Gasteiger partial charge in [0, 0.05) is 5.02 Å². The van der Waals surface area contributed by atoms with Crippen LogP contribution in [0.2, 0.25) is 5.02 Å². The molecule has 2 amide bonds. The van der Waals surface area contributed by atoms with Gasteiger partial charge < -0.3 is 10.6 Å². The maximum atomic E-state index is 13.8. The first kappa shape index (κ1) is 17.9. The lowest BCUT2D eigenvalue weighted by Gasteiger charge is -2.14. The van der Waals surface area contributed by atoms with Gasteiger partial charge >= 0.3 is 12.2 Å². The highest BCUT2D eigenvalue weighted by atomic mass is 35.5. The van der Waals surface area contributed by atoms with Crippen LogP contribution >= 0.6 is 11.6 Å². The summed E-state index contributed by atoms with van der Waals surface area (Å²) in [5, 5.41) is 2.97. The molecule has 2 aromatic carbocycles. The van der Waals surface area contributed by atoms with Crippen molar-refractivity contribution >= 4 is 29.0 Å². The third kappa shape index (κ3) is 3.91. The normalized spacial score (nSPS) is 11.3. The average molecular weight is 369 g/mol. The highest BCUT2D eigenvalue weighted by Gasteiger charge is 2.36. The number of anilines is 2. The van der Waals surface area contributed by atoms with Crippen LogP contribution in [0.1, 0.15) is 5.56 Å². The van der Waals surface area contributed by atoms with Crippen LogP contribution in [0.15, 0.2) is 30.3 Å². The third-order valence-corrected chi connectivity index (χ3v) is 3.01. The summed E-state index contributed by atoms with van der Waals surface area (Å²) >= 11 is 5.46. The van der Waals surface area contributed by atoms with Crippen molar-refractivity contribution in [3.63, 3.8) is 0 Å². The second kappa shape index (κ2) is 6.60. The summed E-state index contributed by atoms with van der Waals surface area (Å²) in [7, 11) is 0. The molecule has 0 radical (unpaired) electrons. The van der Waals surface area contributed by atoms with E-state index in [9.17, 15) is 31.1 Å². The fourth-order valence-electron chi connectivity index (χ4n) is 1.77. The minimum atomic E-state index is -5.04. The fraction of sp³-hybridized carbons (Fsp3) is 0.0714. The lowest BCUT2D eigenvalue weighted by molar-refractivity contribution is -0.139. The quantitative estimate of drug-likeness (QED) is 0.683. The number of amides is 2. The molecular weight excluding hydrogens is 362 g/mol. The van der Waals surface area contributed by atoms with Crippen molar-refractivity contribution < 1.29 is 31.1 Å². The van der Waals surface area contributed by atoms with Gasteiger partial charge in [0.1, 0.15) is 17.3 Å². The Balaban J connectivity index is 2.28. The Hall–Kier alpha value is -2.42. The van der Waals surface area contributed by atoms with E-state index in [2.05, 4.69) is 0 Å². The van der Waals surface area contributed by atoms with Gasteiger partial charge in [0.05, 0.1) is 11.3 Å². The van der Waals surface area contributed by atoms with Crippen molar-refractivity contribution in [2.45, 2.75) is 6.18 Å². The van der Waals surface area contributed by atoms with Gasteiger partial charge in [-0.1, -0.05) is 17.7 Å². The second-order valence-corrected chi connectivity index (χ2v) is 4.92. The molecule has 2 aromatic rings. The van der Waals surface area contributed by atoms with Gasteiger partial charge in [-0.15, -0.1) is 0 Å². The molecule has 0 fully saturated rings. The number of para-hydroxylation sites is 1. The van der Waals surface area contributed by atoms with Crippen LogP contribution < -0.4 is 10.6 Å². The number of carbonyl (C=O) groups is 1. The van der Waals surface area contributed by atoms with Crippen molar-refractivity contribution in [2.24, 2.45) is 0 Å². The van der Waals surface area contributed by atoms with E-state index in [1.54, 1.807) is 10.6 Å². The summed E-state index contributed by atoms with van der Waals surface area (Å²) in [5.74, 6) is -4.02. The average Bonchev–Trinajstić information content (AvgIpc) is 2.45. The van der Waals surface area contributed by atoms with Crippen LogP contribution in [0, 0.1) is 17.5 Å². The summed E-state index contributed by atoms with van der Waals surface area (Å²) in [6.07, 6.45) is -5.04. The number of benzene rings is 2. The van der Waals surface area contributed by atoms with Crippen molar-refractivity contribution in [2.75, 3.05) is 10.6 Å². The van der Waals surface area contributed by atoms with Gasteiger partial charge in [0.2, 0.25) is 0 Å². The number of nitrogens with one attached hydrogen (secondary N) is 2. The highest BCUT2D eigenvalue weighted by Crippen LogP contribution is 2.36. The third-order valence-electron chi connectivity index (χ3n) is 2.79. The van der Waals surface area contributed by atoms with E-state index in [1.807, 2.05) is 0 Å². The van der Waals surface area contributed by atoms with Crippen LogP contribution in [0.25, 0.3) is 0 Å². The molecule has 2 N–H and O–H groups in total. The van der Waals surface area contributed by atoms with Crippen molar-refractivity contribution in [3.05, 3.63) is 58.4 Å². The largest absolute Gasteiger partial charge is 0.419 e. The Bertz CT molecular complexity index is 773. The molecule has 10 heteroatoms. The van der Waals surface area contributed by atoms with Crippen LogP contribution in [-0.2, 0) is 6.18 Å². The van der Waals surface area contributed by atoms with Gasteiger partial charge in [-0.2, -0.15) is 13.2 Å². The minimum absolute atomic E-state index is 0.344. The van der Waals surface area contributed by atoms with Gasteiger partial charge in [-0.05, 0) is 24.3 Å². The zero-order chi connectivity index (χ0) is 18.1. The van der Waals surface area contributed by atoms with Gasteiger partial charge in [0.15, 0.2) is 5.82 Å². The van der Waals surface area contributed by atoms with E-state index in [0.29, 0.717) is 6.07 Å². The number of rotatable bonds is 2. The smallest absolute Gasteiger partial charge is 0.305 e. The van der Waals surface area contributed by atoms with E-state index in [4.69, 9.17) is 11.6 Å². The molecule has 0 aliphatic heterocycles. The van der Waals surface area contributed by atoms with E-state index < -0.39 is 51.6 Å². The molecule has 128 valence electrons. The summed E-state index contributed by atoms with van der Waals surface area (Å²) in [5.41, 5.74) is -3.43. The van der Waals surface area contributed by atoms with Crippen LogP contribution in [-0.4, -0.2) is 6.03 Å². The predicted octanol–water partition coefficient (Wildman–Crippen LogP) is 5.42. The lowest BCUT2D eigenvalue weighted by Crippen LogP contribution is -2.22. The molecule has 0 atom stereocenters. The maximum absolute atomic E-state index is 13.8. The van der Waals surface area contributed by atoms with E-state index in [0.717, 1.165) is 24.3 Å². The number of alkyl halides is 3. The second-order valence-electron chi connectivity index (χ2n) is 4.49. The Morgan fingerprint density at radius 1 is 1.00 bits per heavy atom. The van der Waals surface area contributed by atoms with E-state index >= 15 is 0 Å². The number of urea groups is 1.